The molecule has 5 nitrogen and oxygen atoms in total. The van der Waals surface area contributed by atoms with E-state index in [4.69, 9.17) is 16.3 Å². The lowest BCUT2D eigenvalue weighted by Gasteiger charge is -2.33. The first kappa shape index (κ1) is 15.7. The number of halogens is 4. The molecule has 1 aromatic rings. The van der Waals surface area contributed by atoms with Crippen LogP contribution in [0.5, 0.6) is 5.88 Å². The summed E-state index contributed by atoms with van der Waals surface area (Å²) >= 11 is 5.46. The summed E-state index contributed by atoms with van der Waals surface area (Å²) in [6.07, 6.45) is -4.64. The molecule has 0 radical (unpaired) electrons. The number of amides is 1. The van der Waals surface area contributed by atoms with E-state index in [9.17, 15) is 23.1 Å². The van der Waals surface area contributed by atoms with Gasteiger partial charge in [-0.25, -0.2) is 4.98 Å². The van der Waals surface area contributed by atoms with Gasteiger partial charge in [0.1, 0.15) is 12.2 Å². The van der Waals surface area contributed by atoms with Gasteiger partial charge in [0.2, 0.25) is 5.88 Å². The number of rotatable bonds is 2. The molecule has 1 aliphatic heterocycles. The first-order chi connectivity index (χ1) is 9.77. The van der Waals surface area contributed by atoms with Gasteiger partial charge >= 0.3 is 6.18 Å². The summed E-state index contributed by atoms with van der Waals surface area (Å²) in [6.45, 7) is 0.430. The van der Waals surface area contributed by atoms with Crippen LogP contribution in [0.1, 0.15) is 18.4 Å². The molecule has 9 heteroatoms. The topological polar surface area (TPSA) is 65.5 Å². The lowest BCUT2D eigenvalue weighted by atomic mass is 10.1. The average Bonchev–Trinajstić information content (AvgIpc) is 2.40. The number of likely N-dealkylation sites (tertiary alicyclic amines) is 1. The molecule has 1 saturated heterocycles. The first-order valence-corrected chi connectivity index (χ1v) is 6.50. The zero-order valence-electron chi connectivity index (χ0n) is 10.7. The summed E-state index contributed by atoms with van der Waals surface area (Å²) in [6, 6.07) is 0.744. The number of pyridine rings is 1. The second kappa shape index (κ2) is 5.97. The fourth-order valence-corrected chi connectivity index (χ4v) is 2.24. The molecule has 2 rings (SSSR count). The van der Waals surface area contributed by atoms with E-state index < -0.39 is 29.0 Å². The Morgan fingerprint density at radius 2 is 2.05 bits per heavy atom. The van der Waals surface area contributed by atoms with Crippen molar-refractivity contribution in [1.29, 1.82) is 0 Å². The molecule has 116 valence electrons. The molecule has 0 bridgehead atoms. The first-order valence-electron chi connectivity index (χ1n) is 6.12. The second-order valence-corrected chi connectivity index (χ2v) is 4.98. The lowest BCUT2D eigenvalue weighted by molar-refractivity contribution is -0.266. The molecule has 21 heavy (non-hydrogen) atoms. The third-order valence-electron chi connectivity index (χ3n) is 3.12. The lowest BCUT2D eigenvalue weighted by Crippen LogP contribution is -2.47. The van der Waals surface area contributed by atoms with E-state index in [1.165, 1.54) is 0 Å². The number of nitrogens with zero attached hydrogens (tertiary/aromatic N) is 2. The van der Waals surface area contributed by atoms with Crippen LogP contribution in [0.15, 0.2) is 12.3 Å². The van der Waals surface area contributed by atoms with Gasteiger partial charge < -0.3 is 19.5 Å². The van der Waals surface area contributed by atoms with E-state index in [1.54, 1.807) is 0 Å². The molecular formula is C12H11ClF3N2O3-. The van der Waals surface area contributed by atoms with Crippen molar-refractivity contribution in [2.75, 3.05) is 13.1 Å². The molecule has 0 aromatic carbocycles. The van der Waals surface area contributed by atoms with E-state index in [-0.39, 0.29) is 19.0 Å². The van der Waals surface area contributed by atoms with Gasteiger partial charge in [-0.2, -0.15) is 13.2 Å². The minimum atomic E-state index is -4.59. The zero-order valence-corrected chi connectivity index (χ0v) is 11.4. The van der Waals surface area contributed by atoms with Crippen LogP contribution in [-0.4, -0.2) is 35.2 Å². The van der Waals surface area contributed by atoms with Crippen LogP contribution < -0.4 is 9.84 Å². The van der Waals surface area contributed by atoms with Crippen LogP contribution in [0.4, 0.5) is 18.0 Å². The number of aromatic nitrogens is 1. The second-order valence-electron chi connectivity index (χ2n) is 4.57. The SMILES string of the molecule is O=C([O-])N1CCC(Oc2cc(C(F)(F)F)c(Cl)cn2)CC1. The van der Waals surface area contributed by atoms with Crippen LogP contribution in [-0.2, 0) is 6.18 Å². The van der Waals surface area contributed by atoms with Gasteiger partial charge in [-0.3, -0.25) is 0 Å². The Morgan fingerprint density at radius 3 is 2.57 bits per heavy atom. The highest BCUT2D eigenvalue weighted by molar-refractivity contribution is 6.31. The van der Waals surface area contributed by atoms with Gasteiger partial charge in [0.15, 0.2) is 0 Å². The molecule has 1 aliphatic rings. The van der Waals surface area contributed by atoms with Crippen molar-refractivity contribution in [3.05, 3.63) is 22.8 Å². The summed E-state index contributed by atoms with van der Waals surface area (Å²) in [7, 11) is 0. The zero-order chi connectivity index (χ0) is 15.6. The number of piperidine rings is 1. The van der Waals surface area contributed by atoms with Crippen LogP contribution in [0, 0.1) is 0 Å². The summed E-state index contributed by atoms with van der Waals surface area (Å²) in [5.74, 6) is -0.182. The fraction of sp³-hybridized carbons (Fsp3) is 0.500. The molecule has 0 atom stereocenters. The summed E-state index contributed by atoms with van der Waals surface area (Å²) in [4.78, 5) is 15.5. The van der Waals surface area contributed by atoms with Crippen molar-refractivity contribution in [2.45, 2.75) is 25.1 Å². The fourth-order valence-electron chi connectivity index (χ4n) is 2.03. The number of hydrogen-bond donors (Lipinski definition) is 0. The third kappa shape index (κ3) is 3.90. The Balaban J connectivity index is 2.03. The van der Waals surface area contributed by atoms with E-state index in [1.807, 2.05) is 0 Å². The Kier molecular flexibility index (Phi) is 4.46. The van der Waals surface area contributed by atoms with Gasteiger partial charge in [-0.1, -0.05) is 11.6 Å². The van der Waals surface area contributed by atoms with E-state index >= 15 is 0 Å². The smallest absolute Gasteiger partial charge is 0.418 e. The number of carbonyl (C=O) groups is 1. The molecule has 0 N–H and O–H groups in total. The van der Waals surface area contributed by atoms with Crippen LogP contribution in [0.2, 0.25) is 5.02 Å². The Hall–Kier alpha value is -1.70. The molecule has 1 fully saturated rings. The maximum Gasteiger partial charge on any atom is 0.418 e. The monoisotopic (exact) mass is 323 g/mol. The minimum absolute atomic E-state index is 0.182. The summed E-state index contributed by atoms with van der Waals surface area (Å²) in [5.41, 5.74) is -1.01. The highest BCUT2D eigenvalue weighted by Gasteiger charge is 2.34. The maximum atomic E-state index is 12.7. The van der Waals surface area contributed by atoms with Crippen molar-refractivity contribution >= 4 is 17.7 Å². The normalized spacial score (nSPS) is 16.9. The standard InChI is InChI=1S/C12H12ClF3N2O3/c13-9-6-17-10(5-8(9)12(14,15)16)21-7-1-3-18(4-2-7)11(19)20/h5-7H,1-4H2,(H,19,20)/p-1. The molecule has 0 spiro atoms. The number of ether oxygens (including phenoxy) is 1. The van der Waals surface area contributed by atoms with Crippen LogP contribution >= 0.6 is 11.6 Å². The van der Waals surface area contributed by atoms with E-state index in [0.717, 1.165) is 17.2 Å². The number of carbonyl (C=O) groups excluding carboxylic acids is 1. The molecule has 1 aromatic heterocycles. The molecular weight excluding hydrogens is 313 g/mol. The molecule has 2 heterocycles. The highest BCUT2D eigenvalue weighted by atomic mass is 35.5. The highest BCUT2D eigenvalue weighted by Crippen LogP contribution is 2.36. The van der Waals surface area contributed by atoms with Gasteiger partial charge in [-0.05, 0) is 0 Å². The predicted octanol–water partition coefficient (Wildman–Crippen LogP) is 1.94. The van der Waals surface area contributed by atoms with Crippen molar-refractivity contribution in [1.82, 2.24) is 9.88 Å². The molecule has 0 unspecified atom stereocenters. The summed E-state index contributed by atoms with van der Waals surface area (Å²) in [5, 5.41) is 10.1. The predicted molar refractivity (Wildman–Crippen MR) is 64.9 cm³/mol. The van der Waals surface area contributed by atoms with E-state index in [2.05, 4.69) is 4.98 Å². The minimum Gasteiger partial charge on any atom is -0.530 e. The average molecular weight is 324 g/mol. The largest absolute Gasteiger partial charge is 0.530 e. The van der Waals surface area contributed by atoms with Gasteiger partial charge in [0.05, 0.1) is 16.8 Å². The molecule has 0 saturated carbocycles. The summed E-state index contributed by atoms with van der Waals surface area (Å²) < 4.78 is 43.5. The van der Waals surface area contributed by atoms with Gasteiger partial charge in [0, 0.05) is 32.0 Å². The van der Waals surface area contributed by atoms with Crippen molar-refractivity contribution < 1.29 is 27.8 Å². The van der Waals surface area contributed by atoms with Gasteiger partial charge in [-0.15, -0.1) is 0 Å². The van der Waals surface area contributed by atoms with E-state index in [0.29, 0.717) is 12.8 Å². The van der Waals surface area contributed by atoms with Crippen molar-refractivity contribution in [2.24, 2.45) is 0 Å². The number of alkyl halides is 3. The number of hydrogen-bond acceptors (Lipinski definition) is 4. The number of carboxylic acid groups (broad SMARTS) is 1. The molecule has 0 aliphatic carbocycles. The van der Waals surface area contributed by atoms with Gasteiger partial charge in [0.25, 0.3) is 0 Å². The van der Waals surface area contributed by atoms with Crippen LogP contribution in [0.25, 0.3) is 0 Å². The quantitative estimate of drug-likeness (QED) is 0.834. The molecule has 1 amide bonds. The maximum absolute atomic E-state index is 12.7. The van der Waals surface area contributed by atoms with Crippen molar-refractivity contribution in [3.8, 4) is 5.88 Å². The Labute approximate surface area is 123 Å². The van der Waals surface area contributed by atoms with Crippen LogP contribution in [0.3, 0.4) is 0 Å². The third-order valence-corrected chi connectivity index (χ3v) is 3.42. The Bertz CT molecular complexity index is 531. The Morgan fingerprint density at radius 1 is 1.43 bits per heavy atom. The van der Waals surface area contributed by atoms with Crippen molar-refractivity contribution in [3.63, 3.8) is 0 Å².